The summed E-state index contributed by atoms with van der Waals surface area (Å²) in [6.45, 7) is 3.44. The van der Waals surface area contributed by atoms with Crippen molar-refractivity contribution in [1.82, 2.24) is 20.0 Å². The molecule has 3 aromatic heterocycles. The van der Waals surface area contributed by atoms with E-state index < -0.39 is 11.9 Å². The molecule has 6 rings (SSSR count). The summed E-state index contributed by atoms with van der Waals surface area (Å²) >= 11 is 6.62. The summed E-state index contributed by atoms with van der Waals surface area (Å²) in [5.41, 5.74) is 2.65. The number of hydrogen-bond donors (Lipinski definition) is 0. The molecule has 2 aliphatic heterocycles. The van der Waals surface area contributed by atoms with Crippen molar-refractivity contribution in [2.75, 3.05) is 24.5 Å². The highest BCUT2D eigenvalue weighted by Crippen LogP contribution is 2.39. The number of amides is 1. The average molecular weight is 546 g/mol. The average Bonchev–Trinajstić information content (AvgIpc) is 3.58. The molecule has 4 aromatic rings. The topological polar surface area (TPSA) is 88.5 Å². The van der Waals surface area contributed by atoms with Gasteiger partial charge in [0.15, 0.2) is 0 Å². The second kappa shape index (κ2) is 9.30. The van der Waals surface area contributed by atoms with E-state index in [0.29, 0.717) is 30.4 Å². The maximum atomic E-state index is 13.4. The van der Waals surface area contributed by atoms with E-state index >= 15 is 0 Å². The Morgan fingerprint density at radius 2 is 2.05 bits per heavy atom. The van der Waals surface area contributed by atoms with Gasteiger partial charge in [0.2, 0.25) is 17.6 Å². The summed E-state index contributed by atoms with van der Waals surface area (Å²) in [6, 6.07) is 5.76. The van der Waals surface area contributed by atoms with E-state index in [0.717, 1.165) is 22.2 Å². The fourth-order valence-corrected chi connectivity index (χ4v) is 5.84. The lowest BCUT2D eigenvalue weighted by atomic mass is 9.84. The summed E-state index contributed by atoms with van der Waals surface area (Å²) in [7, 11) is 0. The van der Waals surface area contributed by atoms with Crippen molar-refractivity contribution < 1.29 is 26.9 Å². The van der Waals surface area contributed by atoms with Gasteiger partial charge in [-0.05, 0) is 37.0 Å². The molecule has 0 aliphatic carbocycles. The zero-order valence-corrected chi connectivity index (χ0v) is 21.1. The van der Waals surface area contributed by atoms with Gasteiger partial charge in [-0.1, -0.05) is 23.7 Å². The number of pyridine rings is 1. The maximum absolute atomic E-state index is 13.4. The summed E-state index contributed by atoms with van der Waals surface area (Å²) in [4.78, 5) is 25.9. The van der Waals surface area contributed by atoms with Crippen LogP contribution in [0.5, 0.6) is 0 Å². The number of rotatable bonds is 3. The van der Waals surface area contributed by atoms with Gasteiger partial charge in [0, 0.05) is 48.3 Å². The first-order chi connectivity index (χ1) is 18.2. The summed E-state index contributed by atoms with van der Waals surface area (Å²) in [5, 5.41) is 5.02. The molecule has 0 spiro atoms. The monoisotopic (exact) mass is 545 g/mol. The highest BCUT2D eigenvalue weighted by Gasteiger charge is 2.43. The van der Waals surface area contributed by atoms with Crippen molar-refractivity contribution in [3.05, 3.63) is 58.9 Å². The highest BCUT2D eigenvalue weighted by molar-refractivity contribution is 6.34. The number of carbonyl (C=O) groups excluding carboxylic acids is 1. The molecule has 1 amide bonds. The van der Waals surface area contributed by atoms with Crippen molar-refractivity contribution in [1.29, 1.82) is 0 Å². The number of carbonyl (C=O) groups is 1. The Hall–Kier alpha value is -3.60. The Morgan fingerprint density at radius 3 is 2.79 bits per heavy atom. The van der Waals surface area contributed by atoms with Gasteiger partial charge in [0.05, 0.1) is 29.0 Å². The molecule has 1 saturated heterocycles. The zero-order valence-electron chi connectivity index (χ0n) is 20.3. The van der Waals surface area contributed by atoms with Crippen LogP contribution in [0.15, 0.2) is 45.8 Å². The van der Waals surface area contributed by atoms with Crippen LogP contribution >= 0.6 is 11.6 Å². The standard InChI is InChI=1S/C26H23ClF3N5O3/c1-14-12-34(22-17-3-2-15(24-31-6-9-37-24)10-20(17)32-11-19(22)27)7-4-16(14)25(36)35-8-5-18-21(13-35)33-38-23(18)26(28,29)30/h2-3,6,9-11,14,16H,4-5,7-8,12-13H2,1H3/t14-,16+/m1/s1. The first-order valence-electron chi connectivity index (χ1n) is 12.3. The Balaban J connectivity index is 1.19. The van der Waals surface area contributed by atoms with Crippen LogP contribution < -0.4 is 4.90 Å². The fourth-order valence-electron chi connectivity index (χ4n) is 5.57. The molecule has 2 atom stereocenters. The summed E-state index contributed by atoms with van der Waals surface area (Å²) < 4.78 is 49.4. The van der Waals surface area contributed by atoms with Crippen LogP contribution in [0.3, 0.4) is 0 Å². The molecule has 1 aromatic carbocycles. The van der Waals surface area contributed by atoms with E-state index in [1.54, 1.807) is 17.3 Å². The maximum Gasteiger partial charge on any atom is 0.452 e. The SMILES string of the molecule is C[C@@H]1CN(c2c(Cl)cnc3cc(-c4ncco4)ccc23)CC[C@@H]1C(=O)N1CCc2c(noc2C(F)(F)F)C1. The van der Waals surface area contributed by atoms with Gasteiger partial charge < -0.3 is 18.7 Å². The number of benzene rings is 1. The molecule has 0 N–H and O–H groups in total. The van der Waals surface area contributed by atoms with Crippen LogP contribution in [-0.4, -0.2) is 45.6 Å². The lowest BCUT2D eigenvalue weighted by Crippen LogP contribution is -2.48. The molecular weight excluding hydrogens is 523 g/mol. The molecule has 0 radical (unpaired) electrons. The fraction of sp³-hybridized carbons (Fsp3) is 0.385. The van der Waals surface area contributed by atoms with Crippen molar-refractivity contribution in [2.24, 2.45) is 11.8 Å². The minimum absolute atomic E-state index is 0.00781. The molecule has 1 fully saturated rings. The van der Waals surface area contributed by atoms with Gasteiger partial charge in [0.1, 0.15) is 12.0 Å². The predicted octanol–water partition coefficient (Wildman–Crippen LogP) is 5.60. The normalized spacial score (nSPS) is 20.1. The zero-order chi connectivity index (χ0) is 26.6. The van der Waals surface area contributed by atoms with E-state index in [-0.39, 0.29) is 48.5 Å². The lowest BCUT2D eigenvalue weighted by molar-refractivity contribution is -0.156. The van der Waals surface area contributed by atoms with Crippen molar-refractivity contribution in [3.63, 3.8) is 0 Å². The van der Waals surface area contributed by atoms with Crippen molar-refractivity contribution in [3.8, 4) is 11.5 Å². The Labute approximate surface area is 220 Å². The molecule has 12 heteroatoms. The van der Waals surface area contributed by atoms with Gasteiger partial charge in [-0.3, -0.25) is 9.78 Å². The number of piperidine rings is 1. The second-order valence-corrected chi connectivity index (χ2v) is 10.2. The summed E-state index contributed by atoms with van der Waals surface area (Å²) in [6.07, 6.45) is 0.788. The van der Waals surface area contributed by atoms with Crippen molar-refractivity contribution in [2.45, 2.75) is 32.5 Å². The minimum Gasteiger partial charge on any atom is -0.445 e. The Kier molecular flexibility index (Phi) is 6.05. The number of nitrogens with zero attached hydrogens (tertiary/aromatic N) is 5. The van der Waals surface area contributed by atoms with E-state index in [4.69, 9.17) is 16.0 Å². The van der Waals surface area contributed by atoms with E-state index in [1.807, 2.05) is 25.1 Å². The van der Waals surface area contributed by atoms with Crippen LogP contribution in [0.1, 0.15) is 30.4 Å². The Morgan fingerprint density at radius 1 is 1.21 bits per heavy atom. The number of anilines is 1. The van der Waals surface area contributed by atoms with Crippen LogP contribution in [0.25, 0.3) is 22.4 Å². The van der Waals surface area contributed by atoms with Crippen LogP contribution in [0.4, 0.5) is 18.9 Å². The largest absolute Gasteiger partial charge is 0.452 e. The van der Waals surface area contributed by atoms with Crippen LogP contribution in [0, 0.1) is 11.8 Å². The number of halogens is 4. The number of alkyl halides is 3. The second-order valence-electron chi connectivity index (χ2n) is 9.79. The third-order valence-electron chi connectivity index (χ3n) is 7.43. The van der Waals surface area contributed by atoms with Crippen LogP contribution in [-0.2, 0) is 23.9 Å². The number of aromatic nitrogens is 3. The first kappa shape index (κ1) is 24.7. The minimum atomic E-state index is -4.59. The molecule has 38 heavy (non-hydrogen) atoms. The van der Waals surface area contributed by atoms with Gasteiger partial charge in [-0.25, -0.2) is 4.98 Å². The van der Waals surface area contributed by atoms with Crippen molar-refractivity contribution >= 4 is 34.1 Å². The smallest absolute Gasteiger partial charge is 0.445 e. The molecule has 198 valence electrons. The molecule has 0 unspecified atom stereocenters. The first-order valence-corrected chi connectivity index (χ1v) is 12.6. The molecular formula is C26H23ClF3N5O3. The number of fused-ring (bicyclic) bond motifs is 2. The molecule has 2 aliphatic rings. The summed E-state index contributed by atoms with van der Waals surface area (Å²) in [5.74, 6) is -0.893. The van der Waals surface area contributed by atoms with Gasteiger partial charge in [-0.2, -0.15) is 13.2 Å². The van der Waals surface area contributed by atoms with E-state index in [9.17, 15) is 18.0 Å². The van der Waals surface area contributed by atoms with E-state index in [2.05, 4.69) is 24.5 Å². The van der Waals surface area contributed by atoms with E-state index in [1.165, 1.54) is 6.26 Å². The number of hydrogen-bond acceptors (Lipinski definition) is 7. The Bertz CT molecular complexity index is 1500. The third kappa shape index (κ3) is 4.28. The third-order valence-corrected chi connectivity index (χ3v) is 7.70. The molecule has 0 saturated carbocycles. The highest BCUT2D eigenvalue weighted by atomic mass is 35.5. The van der Waals surface area contributed by atoms with Gasteiger partial charge in [-0.15, -0.1) is 0 Å². The molecule has 8 nitrogen and oxygen atoms in total. The number of oxazole rings is 1. The quantitative estimate of drug-likeness (QED) is 0.331. The van der Waals surface area contributed by atoms with Gasteiger partial charge >= 0.3 is 6.18 Å². The lowest BCUT2D eigenvalue weighted by Gasteiger charge is -2.40. The molecule has 0 bridgehead atoms. The predicted molar refractivity (Wildman–Crippen MR) is 132 cm³/mol. The molecule has 5 heterocycles. The van der Waals surface area contributed by atoms with Gasteiger partial charge in [0.25, 0.3) is 0 Å². The van der Waals surface area contributed by atoms with Crippen LogP contribution in [0.2, 0.25) is 5.02 Å².